The summed E-state index contributed by atoms with van der Waals surface area (Å²) < 4.78 is 16.9. The lowest BCUT2D eigenvalue weighted by Crippen LogP contribution is -2.30. The number of allylic oxidation sites excluding steroid dienone is 24. The van der Waals surface area contributed by atoms with Crippen LogP contribution in [0.4, 0.5) is 0 Å². The van der Waals surface area contributed by atoms with E-state index in [2.05, 4.69) is 167 Å². The van der Waals surface area contributed by atoms with Gasteiger partial charge in [0, 0.05) is 19.3 Å². The van der Waals surface area contributed by atoms with E-state index in [0.717, 1.165) is 161 Å². The molecule has 0 rings (SSSR count). The Morgan fingerprint density at radius 2 is 0.487 bits per heavy atom. The molecule has 0 heterocycles. The number of hydrogen-bond acceptors (Lipinski definition) is 6. The lowest BCUT2D eigenvalue weighted by Gasteiger charge is -2.18. The predicted octanol–water partition coefficient (Wildman–Crippen LogP) is 22.7. The zero-order chi connectivity index (χ0) is 57.8. The van der Waals surface area contributed by atoms with Gasteiger partial charge in [-0.15, -0.1) is 0 Å². The van der Waals surface area contributed by atoms with Crippen LogP contribution in [0.3, 0.4) is 0 Å². The highest BCUT2D eigenvalue weighted by molar-refractivity contribution is 5.71. The van der Waals surface area contributed by atoms with Crippen molar-refractivity contribution in [3.05, 3.63) is 146 Å². The first-order valence-electron chi connectivity index (χ1n) is 32.8. The van der Waals surface area contributed by atoms with Gasteiger partial charge in [0.25, 0.3) is 0 Å². The molecular weight excluding hydrogens is 985 g/mol. The highest BCUT2D eigenvalue weighted by Crippen LogP contribution is 2.15. The SMILES string of the molecule is CC/C=C\C/C=C\C/C=C\C/C=C\C/C=C\C/C=C\CCCCCCC(=O)OC(COC(=O)CCCCCCC/C=C\C/C=C\CCCC)COC(=O)CCCCCCCCCCCCCC/C=C\C/C=C\C/C=C\C/C=C\CC. The van der Waals surface area contributed by atoms with Crippen LogP contribution in [0.2, 0.25) is 0 Å². The van der Waals surface area contributed by atoms with Gasteiger partial charge in [0.1, 0.15) is 13.2 Å². The largest absolute Gasteiger partial charge is 0.462 e. The maximum Gasteiger partial charge on any atom is 0.306 e. The number of carbonyl (C=O) groups excluding carboxylic acids is 3. The Kier molecular flexibility index (Phi) is 62.9. The first-order chi connectivity index (χ1) is 39.5. The van der Waals surface area contributed by atoms with E-state index in [4.69, 9.17) is 14.2 Å². The molecule has 0 amide bonds. The number of ether oxygens (including phenoxy) is 3. The molecule has 0 bridgehead atoms. The third-order valence-electron chi connectivity index (χ3n) is 13.6. The number of unbranched alkanes of at least 4 members (excludes halogenated alkanes) is 23. The molecule has 452 valence electrons. The molecule has 0 N–H and O–H groups in total. The van der Waals surface area contributed by atoms with E-state index in [-0.39, 0.29) is 37.5 Å². The Morgan fingerprint density at radius 3 is 0.762 bits per heavy atom. The van der Waals surface area contributed by atoms with Gasteiger partial charge >= 0.3 is 17.9 Å². The Bertz CT molecular complexity index is 1750. The normalized spacial score (nSPS) is 13.1. The molecule has 0 aliphatic heterocycles. The zero-order valence-corrected chi connectivity index (χ0v) is 51.8. The van der Waals surface area contributed by atoms with Gasteiger partial charge in [-0.05, 0) is 135 Å². The minimum atomic E-state index is -0.806. The van der Waals surface area contributed by atoms with Crippen LogP contribution in [0, 0.1) is 0 Å². The standard InChI is InChI=1S/C74H120O6/c1-4-7-10-13-16-19-22-25-28-30-32-34-36-37-39-40-42-44-46-49-52-55-58-61-64-67-73(76)79-70-71(69-78-72(75)66-63-60-57-54-51-48-27-24-21-18-15-12-9-6-3)80-74(77)68-65-62-59-56-53-50-47-45-43-41-38-35-33-31-29-26-23-20-17-14-11-8-5-2/h7-8,10-11,15-20,24-29,32-35,41,43,47,50,71H,4-6,9,12-14,21-23,30-31,36-40,42,44-46,48-49,51-70H2,1-3H3/b10-7-,11-8-,18-15-,19-16-,20-17-,27-24-,28-25-,29-26-,34-32-,35-33-,43-41-,50-47-. The van der Waals surface area contributed by atoms with Gasteiger partial charge in [0.15, 0.2) is 6.10 Å². The lowest BCUT2D eigenvalue weighted by molar-refractivity contribution is -0.167. The maximum atomic E-state index is 12.9. The molecule has 0 aliphatic carbocycles. The molecule has 1 atom stereocenters. The number of hydrogen-bond donors (Lipinski definition) is 0. The second-order valence-electron chi connectivity index (χ2n) is 21.3. The number of carbonyl (C=O) groups is 3. The van der Waals surface area contributed by atoms with Crippen molar-refractivity contribution >= 4 is 17.9 Å². The van der Waals surface area contributed by atoms with Crippen molar-refractivity contribution < 1.29 is 28.6 Å². The van der Waals surface area contributed by atoms with Crippen LogP contribution in [0.5, 0.6) is 0 Å². The summed E-state index contributed by atoms with van der Waals surface area (Å²) in [6.07, 6.45) is 95.6. The Hall–Kier alpha value is -4.71. The van der Waals surface area contributed by atoms with Gasteiger partial charge < -0.3 is 14.2 Å². The minimum Gasteiger partial charge on any atom is -0.462 e. The van der Waals surface area contributed by atoms with Crippen LogP contribution >= 0.6 is 0 Å². The molecule has 6 nitrogen and oxygen atoms in total. The molecule has 0 saturated heterocycles. The molecule has 0 aromatic carbocycles. The monoisotopic (exact) mass is 1100 g/mol. The summed E-state index contributed by atoms with van der Waals surface area (Å²) >= 11 is 0. The fourth-order valence-electron chi connectivity index (χ4n) is 8.69. The fourth-order valence-corrected chi connectivity index (χ4v) is 8.69. The highest BCUT2D eigenvalue weighted by atomic mass is 16.6. The van der Waals surface area contributed by atoms with Crippen molar-refractivity contribution in [3.63, 3.8) is 0 Å². The Balaban J connectivity index is 4.42. The molecule has 1 unspecified atom stereocenters. The summed E-state index contributed by atoms with van der Waals surface area (Å²) in [7, 11) is 0. The van der Waals surface area contributed by atoms with Gasteiger partial charge in [-0.25, -0.2) is 0 Å². The molecule has 0 spiro atoms. The van der Waals surface area contributed by atoms with Gasteiger partial charge in [-0.2, -0.15) is 0 Å². The van der Waals surface area contributed by atoms with Crippen LogP contribution in [-0.4, -0.2) is 37.2 Å². The summed E-state index contributed by atoms with van der Waals surface area (Å²) in [6, 6.07) is 0. The second kappa shape index (κ2) is 66.8. The van der Waals surface area contributed by atoms with E-state index in [1.807, 2.05) is 0 Å². The fraction of sp³-hybridized carbons (Fsp3) is 0.635. The first kappa shape index (κ1) is 75.3. The van der Waals surface area contributed by atoms with E-state index in [0.29, 0.717) is 12.8 Å². The van der Waals surface area contributed by atoms with Crippen molar-refractivity contribution in [2.24, 2.45) is 0 Å². The molecular formula is C74H120O6. The predicted molar refractivity (Wildman–Crippen MR) is 348 cm³/mol. The van der Waals surface area contributed by atoms with Crippen molar-refractivity contribution in [3.8, 4) is 0 Å². The van der Waals surface area contributed by atoms with Crippen LogP contribution in [0.25, 0.3) is 0 Å². The van der Waals surface area contributed by atoms with E-state index in [1.165, 1.54) is 83.5 Å². The number of esters is 3. The molecule has 0 aromatic heterocycles. The van der Waals surface area contributed by atoms with E-state index >= 15 is 0 Å². The highest BCUT2D eigenvalue weighted by Gasteiger charge is 2.19. The minimum absolute atomic E-state index is 0.0985. The van der Waals surface area contributed by atoms with Crippen LogP contribution in [0.1, 0.15) is 284 Å². The third-order valence-corrected chi connectivity index (χ3v) is 13.6. The second-order valence-corrected chi connectivity index (χ2v) is 21.3. The Labute approximate surface area is 493 Å². The van der Waals surface area contributed by atoms with Crippen LogP contribution in [0.15, 0.2) is 146 Å². The quantitative estimate of drug-likeness (QED) is 0.0261. The van der Waals surface area contributed by atoms with Crippen molar-refractivity contribution in [1.29, 1.82) is 0 Å². The van der Waals surface area contributed by atoms with Crippen molar-refractivity contribution in [2.75, 3.05) is 13.2 Å². The first-order valence-corrected chi connectivity index (χ1v) is 32.8. The van der Waals surface area contributed by atoms with E-state index < -0.39 is 6.10 Å². The molecule has 6 heteroatoms. The average Bonchev–Trinajstić information content (AvgIpc) is 3.46. The molecule has 0 aliphatic rings. The summed E-state index contributed by atoms with van der Waals surface area (Å²) in [6.45, 7) is 6.35. The summed E-state index contributed by atoms with van der Waals surface area (Å²) in [4.78, 5) is 38.4. The van der Waals surface area contributed by atoms with E-state index in [9.17, 15) is 14.4 Å². The molecule has 0 saturated carbocycles. The smallest absolute Gasteiger partial charge is 0.306 e. The Morgan fingerprint density at radius 1 is 0.263 bits per heavy atom. The molecule has 80 heavy (non-hydrogen) atoms. The average molecular weight is 1110 g/mol. The van der Waals surface area contributed by atoms with Crippen molar-refractivity contribution in [1.82, 2.24) is 0 Å². The summed E-state index contributed by atoms with van der Waals surface area (Å²) in [5.74, 6) is -0.938. The third kappa shape index (κ3) is 64.1. The number of rotatable bonds is 58. The summed E-state index contributed by atoms with van der Waals surface area (Å²) in [5, 5.41) is 0. The van der Waals surface area contributed by atoms with Gasteiger partial charge in [-0.3, -0.25) is 14.4 Å². The van der Waals surface area contributed by atoms with Crippen LogP contribution in [-0.2, 0) is 28.6 Å². The molecule has 0 radical (unpaired) electrons. The molecule has 0 fully saturated rings. The topological polar surface area (TPSA) is 78.9 Å². The van der Waals surface area contributed by atoms with Gasteiger partial charge in [0.2, 0.25) is 0 Å². The molecule has 0 aromatic rings. The van der Waals surface area contributed by atoms with Gasteiger partial charge in [-0.1, -0.05) is 276 Å². The van der Waals surface area contributed by atoms with Crippen molar-refractivity contribution in [2.45, 2.75) is 290 Å². The summed E-state index contributed by atoms with van der Waals surface area (Å²) in [5.41, 5.74) is 0. The van der Waals surface area contributed by atoms with Crippen LogP contribution < -0.4 is 0 Å². The lowest BCUT2D eigenvalue weighted by atomic mass is 10.0. The van der Waals surface area contributed by atoms with E-state index in [1.54, 1.807) is 0 Å². The maximum absolute atomic E-state index is 12.9. The zero-order valence-electron chi connectivity index (χ0n) is 51.8. The van der Waals surface area contributed by atoms with Gasteiger partial charge in [0.05, 0.1) is 0 Å².